The molecule has 0 saturated heterocycles. The molecule has 210 valence electrons. The molecule has 0 aliphatic carbocycles. The van der Waals surface area contributed by atoms with E-state index in [0.29, 0.717) is 16.7 Å². The molecule has 3 rings (SSSR count). The highest BCUT2D eigenvalue weighted by atomic mass is 35.5. The van der Waals surface area contributed by atoms with Gasteiger partial charge in [-0.1, -0.05) is 17.7 Å². The number of aromatic nitrogens is 2. The molecule has 0 aliphatic heterocycles. The first kappa shape index (κ1) is 30.3. The van der Waals surface area contributed by atoms with Crippen LogP contribution < -0.4 is 21.1 Å². The van der Waals surface area contributed by atoms with Crippen LogP contribution in [-0.4, -0.2) is 35.7 Å². The number of halogens is 5. The number of anilines is 3. The van der Waals surface area contributed by atoms with Crippen LogP contribution in [0.5, 0.6) is 5.75 Å². The maximum absolute atomic E-state index is 13.1. The molecule has 0 saturated carbocycles. The molecule has 0 spiro atoms. The highest BCUT2D eigenvalue weighted by Crippen LogP contribution is 2.32. The maximum Gasteiger partial charge on any atom is 0.471 e. The molecule has 0 aliphatic rings. The fraction of sp³-hybridized carbons (Fsp3) is 0.292. The van der Waals surface area contributed by atoms with E-state index < -0.39 is 33.7 Å². The molecule has 0 fully saturated rings. The number of hydrogen-bond donors (Lipinski definition) is 3. The smallest absolute Gasteiger partial charge is 0.471 e. The van der Waals surface area contributed by atoms with Crippen molar-refractivity contribution in [2.24, 2.45) is 0 Å². The van der Waals surface area contributed by atoms with E-state index in [1.807, 2.05) is 5.32 Å². The molecule has 0 unspecified atom stereocenters. The van der Waals surface area contributed by atoms with Crippen molar-refractivity contribution in [1.82, 2.24) is 15.3 Å². The van der Waals surface area contributed by atoms with Crippen LogP contribution in [-0.2, 0) is 27.8 Å². The summed E-state index contributed by atoms with van der Waals surface area (Å²) in [5.74, 6) is -1.81. The van der Waals surface area contributed by atoms with Crippen molar-refractivity contribution in [2.45, 2.75) is 50.2 Å². The fourth-order valence-corrected chi connectivity index (χ4v) is 4.84. The molecular formula is C24H24Cl2F3N5O4S. The molecule has 1 amide bonds. The Bertz CT molecular complexity index is 1500. The molecule has 0 atom stereocenters. The van der Waals surface area contributed by atoms with E-state index in [0.717, 1.165) is 0 Å². The van der Waals surface area contributed by atoms with Gasteiger partial charge in [0, 0.05) is 6.54 Å². The summed E-state index contributed by atoms with van der Waals surface area (Å²) >= 11 is 12.0. The first-order chi connectivity index (χ1) is 18.1. The minimum atomic E-state index is -5.01. The van der Waals surface area contributed by atoms with Gasteiger partial charge >= 0.3 is 12.1 Å². The van der Waals surface area contributed by atoms with Crippen molar-refractivity contribution < 1.29 is 31.1 Å². The van der Waals surface area contributed by atoms with E-state index in [1.54, 1.807) is 13.0 Å². The Hall–Kier alpha value is -3.29. The number of hydrogen-bond acceptors (Lipinski definition) is 8. The average molecular weight is 606 g/mol. The molecule has 0 bridgehead atoms. The number of nitrogens with two attached hydrogens (primary N) is 1. The third-order valence-electron chi connectivity index (χ3n) is 5.50. The second-order valence-electron chi connectivity index (χ2n) is 8.67. The molecule has 4 N–H and O–H groups in total. The van der Waals surface area contributed by atoms with Crippen LogP contribution in [0.25, 0.3) is 0 Å². The van der Waals surface area contributed by atoms with Gasteiger partial charge < -0.3 is 21.1 Å². The minimum Gasteiger partial charge on any atom is -0.487 e. The summed E-state index contributed by atoms with van der Waals surface area (Å²) in [7, 11) is -3.80. The van der Waals surface area contributed by atoms with Crippen molar-refractivity contribution in [3.8, 4) is 5.75 Å². The van der Waals surface area contributed by atoms with Crippen LogP contribution >= 0.6 is 23.2 Å². The topological polar surface area (TPSA) is 136 Å². The molecule has 1 aromatic heterocycles. The number of amides is 1. The number of benzene rings is 2. The molecule has 9 nitrogen and oxygen atoms in total. The van der Waals surface area contributed by atoms with Gasteiger partial charge in [0.2, 0.25) is 5.28 Å². The van der Waals surface area contributed by atoms with Crippen molar-refractivity contribution in [3.63, 3.8) is 0 Å². The van der Waals surface area contributed by atoms with Gasteiger partial charge in [-0.3, -0.25) is 4.79 Å². The van der Waals surface area contributed by atoms with Crippen LogP contribution in [0.4, 0.5) is 30.4 Å². The normalized spacial score (nSPS) is 11.9. The summed E-state index contributed by atoms with van der Waals surface area (Å²) in [4.78, 5) is 18.9. The summed E-state index contributed by atoms with van der Waals surface area (Å²) in [6.45, 7) is 4.17. The summed E-state index contributed by atoms with van der Waals surface area (Å²) < 4.78 is 69.7. The van der Waals surface area contributed by atoms with Crippen LogP contribution in [0, 0.1) is 6.92 Å². The number of nitrogen functional groups attached to an aromatic ring is 1. The Morgan fingerprint density at radius 1 is 1.18 bits per heavy atom. The predicted octanol–water partition coefficient (Wildman–Crippen LogP) is 5.36. The molecule has 15 heteroatoms. The van der Waals surface area contributed by atoms with Crippen LogP contribution in [0.15, 0.2) is 41.4 Å². The van der Waals surface area contributed by atoms with Gasteiger partial charge in [-0.25, -0.2) is 13.4 Å². The highest BCUT2D eigenvalue weighted by Gasteiger charge is 2.38. The number of carbonyl (C=O) groups excluding carboxylic acids is 1. The van der Waals surface area contributed by atoms with E-state index >= 15 is 0 Å². The predicted molar refractivity (Wildman–Crippen MR) is 142 cm³/mol. The second kappa shape index (κ2) is 11.8. The zero-order valence-corrected chi connectivity index (χ0v) is 23.2. The van der Waals surface area contributed by atoms with E-state index in [4.69, 9.17) is 33.7 Å². The van der Waals surface area contributed by atoms with E-state index in [9.17, 15) is 26.4 Å². The second-order valence-corrected chi connectivity index (χ2v) is 11.9. The highest BCUT2D eigenvalue weighted by molar-refractivity contribution is 7.92. The molecule has 0 radical (unpaired) electrons. The largest absolute Gasteiger partial charge is 0.487 e. The third-order valence-corrected chi connectivity index (χ3v) is 8.15. The van der Waals surface area contributed by atoms with Crippen molar-refractivity contribution in [3.05, 3.63) is 63.5 Å². The number of sulfone groups is 1. The monoisotopic (exact) mass is 605 g/mol. The minimum absolute atomic E-state index is 0.0446. The zero-order chi connectivity index (χ0) is 29.1. The molecule has 3 aromatic rings. The van der Waals surface area contributed by atoms with Crippen molar-refractivity contribution >= 4 is 56.1 Å². The zero-order valence-electron chi connectivity index (χ0n) is 20.9. The first-order valence-corrected chi connectivity index (χ1v) is 13.6. The van der Waals surface area contributed by atoms with Crippen LogP contribution in [0.1, 0.15) is 30.5 Å². The van der Waals surface area contributed by atoms with E-state index in [-0.39, 0.29) is 44.8 Å². The van der Waals surface area contributed by atoms with Gasteiger partial charge in [-0.2, -0.15) is 18.2 Å². The Morgan fingerprint density at radius 3 is 2.51 bits per heavy atom. The molecule has 39 heavy (non-hydrogen) atoms. The Balaban J connectivity index is 1.88. The molecule has 1 heterocycles. The number of aryl methyl sites for hydroxylation is 1. The number of rotatable bonds is 9. The lowest BCUT2D eigenvalue weighted by atomic mass is 10.1. The van der Waals surface area contributed by atoms with E-state index in [1.165, 1.54) is 44.3 Å². The SMILES string of the molecule is Cc1cc(N)c(OCc2ccc(Nc3nc(Cl)ncc3Cl)c(S(=O)(=O)C(C)C)c2)cc1CNC(=O)C(F)(F)F. The van der Waals surface area contributed by atoms with Gasteiger partial charge in [0.1, 0.15) is 17.4 Å². The summed E-state index contributed by atoms with van der Waals surface area (Å²) in [6.07, 6.45) is -3.74. The maximum atomic E-state index is 13.1. The fourth-order valence-electron chi connectivity index (χ4n) is 3.31. The van der Waals surface area contributed by atoms with E-state index in [2.05, 4.69) is 15.3 Å². The quantitative estimate of drug-likeness (QED) is 0.219. The number of alkyl halides is 3. The first-order valence-electron chi connectivity index (χ1n) is 11.3. The number of carbonyl (C=O) groups is 1. The third kappa shape index (κ3) is 7.43. The lowest BCUT2D eigenvalue weighted by molar-refractivity contribution is -0.173. The summed E-state index contributed by atoms with van der Waals surface area (Å²) in [5, 5.41) is 3.96. The molecule has 2 aromatic carbocycles. The number of nitrogens with zero attached hydrogens (tertiary/aromatic N) is 2. The number of nitrogens with one attached hydrogen (secondary N) is 2. The number of ether oxygens (including phenoxy) is 1. The van der Waals surface area contributed by atoms with Gasteiger partial charge in [-0.15, -0.1) is 0 Å². The van der Waals surface area contributed by atoms with Crippen LogP contribution in [0.2, 0.25) is 10.3 Å². The summed E-state index contributed by atoms with van der Waals surface area (Å²) in [6, 6.07) is 7.46. The van der Waals surface area contributed by atoms with Gasteiger partial charge in [0.15, 0.2) is 15.7 Å². The Kier molecular flexibility index (Phi) is 9.19. The van der Waals surface area contributed by atoms with Crippen LogP contribution in [0.3, 0.4) is 0 Å². The average Bonchev–Trinajstić information content (AvgIpc) is 2.84. The van der Waals surface area contributed by atoms with Gasteiger partial charge in [0.05, 0.1) is 27.7 Å². The molecular weight excluding hydrogens is 582 g/mol. The lowest BCUT2D eigenvalue weighted by Gasteiger charge is -2.17. The lowest BCUT2D eigenvalue weighted by Crippen LogP contribution is -2.36. The summed E-state index contributed by atoms with van der Waals surface area (Å²) in [5.41, 5.74) is 7.79. The Labute approximate surface area is 232 Å². The van der Waals surface area contributed by atoms with Crippen molar-refractivity contribution in [1.29, 1.82) is 0 Å². The van der Waals surface area contributed by atoms with Gasteiger partial charge in [0.25, 0.3) is 0 Å². The van der Waals surface area contributed by atoms with Crippen molar-refractivity contribution in [2.75, 3.05) is 11.1 Å². The Morgan fingerprint density at radius 2 is 1.87 bits per heavy atom. The standard InChI is InChI=1S/C24H24Cl2F3N5O4S/c1-12(2)39(36,37)20-7-14(4-5-18(20)33-21-16(25)10-32-23(26)34-21)11-38-19-8-15(13(3)6-17(19)30)9-31-22(35)24(27,28)29/h4-8,10,12H,9,11,30H2,1-3H3,(H,31,35)(H,32,33,34). The van der Waals surface area contributed by atoms with Gasteiger partial charge in [-0.05, 0) is 73.3 Å².